The molecule has 0 bridgehead atoms. The second-order valence-electron chi connectivity index (χ2n) is 7.52. The van der Waals surface area contributed by atoms with Gasteiger partial charge in [-0.05, 0) is 58.7 Å². The lowest BCUT2D eigenvalue weighted by Crippen LogP contribution is -2.04. The quantitative estimate of drug-likeness (QED) is 0.229. The Kier molecular flexibility index (Phi) is 4.69. The number of thiazole rings is 1. The lowest BCUT2D eigenvalue weighted by molar-refractivity contribution is -0.386. The van der Waals surface area contributed by atoms with E-state index >= 15 is 0 Å². The normalized spacial score (nSPS) is 11.4. The van der Waals surface area contributed by atoms with Crippen LogP contribution in [0.25, 0.3) is 27.5 Å². The highest BCUT2D eigenvalue weighted by Crippen LogP contribution is 2.43. The smallest absolute Gasteiger partial charge is 0.276 e. The SMILES string of the molecule is Cc1sc2nc(-c3c(C)c(C)c(C)c([N+](=O)[O-])c3C)c(-c3ccnc(F)c3)n2c1C. The van der Waals surface area contributed by atoms with Crippen LogP contribution < -0.4 is 0 Å². The summed E-state index contributed by atoms with van der Waals surface area (Å²) in [5.74, 6) is -0.586. The van der Waals surface area contributed by atoms with Gasteiger partial charge in [0.2, 0.25) is 5.95 Å². The van der Waals surface area contributed by atoms with Crippen LogP contribution in [0.4, 0.5) is 10.1 Å². The molecule has 0 amide bonds. The first kappa shape index (κ1) is 20.2. The number of nitrogens with zero attached hydrogens (tertiary/aromatic N) is 4. The Hall–Kier alpha value is -3.13. The summed E-state index contributed by atoms with van der Waals surface area (Å²) in [5.41, 5.74) is 6.83. The Morgan fingerprint density at radius 2 is 1.77 bits per heavy atom. The zero-order valence-corrected chi connectivity index (χ0v) is 18.4. The van der Waals surface area contributed by atoms with Crippen LogP contribution in [0.5, 0.6) is 0 Å². The fraction of sp³-hybridized carbons (Fsp3) is 0.273. The molecule has 8 heteroatoms. The third kappa shape index (κ3) is 2.82. The molecule has 3 aromatic heterocycles. The van der Waals surface area contributed by atoms with Crippen molar-refractivity contribution in [1.29, 1.82) is 0 Å². The van der Waals surface area contributed by atoms with Crippen LogP contribution in [0.1, 0.15) is 32.8 Å². The number of hydrogen-bond donors (Lipinski definition) is 0. The number of imidazole rings is 1. The lowest BCUT2D eigenvalue weighted by atomic mass is 9.89. The summed E-state index contributed by atoms with van der Waals surface area (Å²) in [4.78, 5) is 21.9. The number of fused-ring (bicyclic) bond motifs is 1. The van der Waals surface area contributed by atoms with E-state index in [-0.39, 0.29) is 10.6 Å². The predicted molar refractivity (Wildman–Crippen MR) is 117 cm³/mol. The molecule has 0 saturated carbocycles. The Labute approximate surface area is 177 Å². The summed E-state index contributed by atoms with van der Waals surface area (Å²) < 4.78 is 16.0. The van der Waals surface area contributed by atoms with Crippen molar-refractivity contribution in [2.45, 2.75) is 41.5 Å². The van der Waals surface area contributed by atoms with Crippen LogP contribution >= 0.6 is 11.3 Å². The van der Waals surface area contributed by atoms with Crippen molar-refractivity contribution in [2.24, 2.45) is 0 Å². The zero-order chi connectivity index (χ0) is 21.9. The van der Waals surface area contributed by atoms with Gasteiger partial charge < -0.3 is 0 Å². The van der Waals surface area contributed by atoms with Gasteiger partial charge in [0.05, 0.1) is 16.3 Å². The van der Waals surface area contributed by atoms with Crippen LogP contribution in [-0.4, -0.2) is 19.3 Å². The Balaban J connectivity index is 2.19. The lowest BCUT2D eigenvalue weighted by Gasteiger charge is -2.16. The van der Waals surface area contributed by atoms with Gasteiger partial charge in [-0.3, -0.25) is 14.5 Å². The predicted octanol–water partition coefficient (Wildman–Crippen LogP) is 6.02. The maximum absolute atomic E-state index is 14.0. The maximum Gasteiger partial charge on any atom is 0.276 e. The standard InChI is InChI=1S/C22H21FN4O2S/c1-10-11(2)18(13(4)20(12(10)3)27(28)29)19-21(16-7-8-24-17(23)9-16)26-14(5)15(6)30-22(26)25-19/h7-9H,1-6H3. The van der Waals surface area contributed by atoms with Crippen molar-refractivity contribution in [3.8, 4) is 22.5 Å². The Morgan fingerprint density at radius 3 is 2.40 bits per heavy atom. The number of pyridine rings is 1. The molecule has 3 heterocycles. The summed E-state index contributed by atoms with van der Waals surface area (Å²) in [5, 5.41) is 11.8. The molecule has 4 rings (SSSR count). The van der Waals surface area contributed by atoms with Crippen molar-refractivity contribution >= 4 is 22.0 Å². The van der Waals surface area contributed by atoms with E-state index in [1.807, 2.05) is 32.1 Å². The monoisotopic (exact) mass is 424 g/mol. The van der Waals surface area contributed by atoms with E-state index < -0.39 is 5.95 Å². The molecule has 0 aliphatic heterocycles. The molecule has 0 fully saturated rings. The van der Waals surface area contributed by atoms with Crippen molar-refractivity contribution in [3.05, 3.63) is 67.2 Å². The third-order valence-corrected chi connectivity index (χ3v) is 7.00. The average molecular weight is 425 g/mol. The molecule has 6 nitrogen and oxygen atoms in total. The fourth-order valence-electron chi connectivity index (χ4n) is 4.09. The minimum absolute atomic E-state index is 0.101. The Morgan fingerprint density at radius 1 is 1.07 bits per heavy atom. The first-order valence-electron chi connectivity index (χ1n) is 9.49. The van der Waals surface area contributed by atoms with Gasteiger partial charge in [-0.15, -0.1) is 11.3 Å². The summed E-state index contributed by atoms with van der Waals surface area (Å²) >= 11 is 1.55. The van der Waals surface area contributed by atoms with Gasteiger partial charge >= 0.3 is 0 Å². The molecule has 0 spiro atoms. The molecule has 0 N–H and O–H groups in total. The minimum Gasteiger partial charge on any atom is -0.287 e. The number of aromatic nitrogens is 3. The van der Waals surface area contributed by atoms with Crippen molar-refractivity contribution < 1.29 is 9.31 Å². The number of aryl methyl sites for hydroxylation is 2. The number of rotatable bonds is 3. The maximum atomic E-state index is 14.0. The van der Waals surface area contributed by atoms with Gasteiger partial charge in [0.15, 0.2) is 4.96 Å². The van der Waals surface area contributed by atoms with Gasteiger partial charge in [-0.25, -0.2) is 9.97 Å². The van der Waals surface area contributed by atoms with E-state index in [4.69, 9.17) is 4.98 Å². The topological polar surface area (TPSA) is 73.3 Å². The molecule has 1 aromatic carbocycles. The van der Waals surface area contributed by atoms with Gasteiger partial charge in [-0.1, -0.05) is 0 Å². The molecule has 154 valence electrons. The highest BCUT2D eigenvalue weighted by Gasteiger charge is 2.28. The summed E-state index contributed by atoms with van der Waals surface area (Å²) in [6.45, 7) is 11.4. The summed E-state index contributed by atoms with van der Waals surface area (Å²) in [7, 11) is 0. The highest BCUT2D eigenvalue weighted by atomic mass is 32.1. The molecule has 0 aliphatic rings. The summed E-state index contributed by atoms with van der Waals surface area (Å²) in [6.07, 6.45) is 1.42. The van der Waals surface area contributed by atoms with E-state index in [1.54, 1.807) is 31.3 Å². The van der Waals surface area contributed by atoms with Crippen LogP contribution in [0.15, 0.2) is 18.3 Å². The van der Waals surface area contributed by atoms with E-state index in [0.29, 0.717) is 22.4 Å². The Bertz CT molecular complexity index is 1350. The second kappa shape index (κ2) is 6.98. The number of nitro groups is 1. The molecular weight excluding hydrogens is 403 g/mol. The van der Waals surface area contributed by atoms with E-state index in [0.717, 1.165) is 37.9 Å². The first-order valence-corrected chi connectivity index (χ1v) is 10.3. The van der Waals surface area contributed by atoms with Gasteiger partial charge in [-0.2, -0.15) is 4.39 Å². The van der Waals surface area contributed by atoms with E-state index in [1.165, 1.54) is 12.3 Å². The third-order valence-electron chi connectivity index (χ3n) is 5.94. The molecule has 4 aromatic rings. The molecule has 0 aliphatic carbocycles. The van der Waals surface area contributed by atoms with Crippen LogP contribution in [0, 0.1) is 57.6 Å². The van der Waals surface area contributed by atoms with Gasteiger partial charge in [0, 0.05) is 45.1 Å². The number of hydrogen-bond acceptors (Lipinski definition) is 5. The molecular formula is C22H21FN4O2S. The van der Waals surface area contributed by atoms with Crippen molar-refractivity contribution in [3.63, 3.8) is 0 Å². The highest BCUT2D eigenvalue weighted by molar-refractivity contribution is 7.17. The van der Waals surface area contributed by atoms with E-state index in [2.05, 4.69) is 4.98 Å². The van der Waals surface area contributed by atoms with Gasteiger partial charge in [0.25, 0.3) is 5.69 Å². The molecule has 0 saturated heterocycles. The fourth-order valence-corrected chi connectivity index (χ4v) is 5.06. The van der Waals surface area contributed by atoms with Crippen molar-refractivity contribution in [1.82, 2.24) is 14.4 Å². The first-order chi connectivity index (χ1) is 14.1. The molecule has 30 heavy (non-hydrogen) atoms. The minimum atomic E-state index is -0.586. The number of benzene rings is 1. The molecule has 0 radical (unpaired) electrons. The molecule has 0 unspecified atom stereocenters. The van der Waals surface area contributed by atoms with Crippen LogP contribution in [0.3, 0.4) is 0 Å². The van der Waals surface area contributed by atoms with Crippen LogP contribution in [0.2, 0.25) is 0 Å². The largest absolute Gasteiger partial charge is 0.287 e. The number of halogens is 1. The second-order valence-corrected chi connectivity index (χ2v) is 8.70. The number of nitro benzene ring substituents is 1. The average Bonchev–Trinajstić information content (AvgIpc) is 3.16. The van der Waals surface area contributed by atoms with Crippen molar-refractivity contribution in [2.75, 3.05) is 0 Å². The zero-order valence-electron chi connectivity index (χ0n) is 17.6. The summed E-state index contributed by atoms with van der Waals surface area (Å²) in [6, 6.07) is 3.11. The van der Waals surface area contributed by atoms with Crippen LogP contribution in [-0.2, 0) is 0 Å². The van der Waals surface area contributed by atoms with Gasteiger partial charge in [0.1, 0.15) is 0 Å². The molecule has 0 atom stereocenters. The van der Waals surface area contributed by atoms with E-state index in [9.17, 15) is 14.5 Å².